The molecule has 5 rings (SSSR count). The number of nitrogens with zero attached hydrogens (tertiary/aromatic N) is 3. The Morgan fingerprint density at radius 2 is 1.59 bits per heavy atom. The summed E-state index contributed by atoms with van der Waals surface area (Å²) < 4.78 is 0. The first kappa shape index (κ1) is 22.0. The summed E-state index contributed by atoms with van der Waals surface area (Å²) in [5, 5.41) is 11.1. The highest BCUT2D eigenvalue weighted by Gasteiger charge is 2.65. The maximum atomic E-state index is 13.9. The van der Waals surface area contributed by atoms with E-state index >= 15 is 0 Å². The first-order chi connectivity index (χ1) is 16.0. The van der Waals surface area contributed by atoms with Crippen LogP contribution in [0, 0.1) is 22.0 Å². The number of hydrogen-bond acceptors (Lipinski definition) is 6. The predicted octanol–water partition coefficient (Wildman–Crippen LogP) is 3.85. The van der Waals surface area contributed by atoms with Gasteiger partial charge in [0.15, 0.2) is 5.78 Å². The molecule has 3 aliphatic rings. The van der Waals surface area contributed by atoms with Crippen LogP contribution < -0.4 is 4.90 Å². The smallest absolute Gasteiger partial charge is 0.269 e. The average Bonchev–Trinajstić information content (AvgIpc) is 3.26. The molecule has 2 fully saturated rings. The predicted molar refractivity (Wildman–Crippen MR) is 126 cm³/mol. The van der Waals surface area contributed by atoms with Gasteiger partial charge in [-0.1, -0.05) is 24.3 Å². The molecule has 2 aromatic carbocycles. The lowest BCUT2D eigenvalue weighted by Gasteiger charge is -2.39. The number of para-hydroxylation sites is 1. The number of Topliss-reactive ketones (excluding diaryl/α,β-unsaturated/α-hetero) is 1. The summed E-state index contributed by atoms with van der Waals surface area (Å²) in [6, 6.07) is 11.7. The van der Waals surface area contributed by atoms with E-state index in [0.717, 1.165) is 16.8 Å². The van der Waals surface area contributed by atoms with Crippen molar-refractivity contribution in [3.05, 3.63) is 75.8 Å². The van der Waals surface area contributed by atoms with Gasteiger partial charge in [0.2, 0.25) is 11.8 Å². The fraction of sp³-hybridized carbons (Fsp3) is 0.346. The number of anilines is 1. The summed E-state index contributed by atoms with van der Waals surface area (Å²) in [6.45, 7) is 7.41. The van der Waals surface area contributed by atoms with E-state index in [-0.39, 0.29) is 28.8 Å². The van der Waals surface area contributed by atoms with Crippen molar-refractivity contribution in [1.82, 2.24) is 4.90 Å². The van der Waals surface area contributed by atoms with Crippen LogP contribution in [0.5, 0.6) is 0 Å². The van der Waals surface area contributed by atoms with Crippen molar-refractivity contribution in [3.8, 4) is 0 Å². The van der Waals surface area contributed by atoms with Crippen LogP contribution in [0.2, 0.25) is 0 Å². The number of benzene rings is 2. The van der Waals surface area contributed by atoms with Gasteiger partial charge in [0.25, 0.3) is 5.69 Å². The van der Waals surface area contributed by atoms with Crippen LogP contribution in [0.25, 0.3) is 5.57 Å². The second-order valence-corrected chi connectivity index (χ2v) is 10.1. The highest BCUT2D eigenvalue weighted by molar-refractivity contribution is 6.14. The van der Waals surface area contributed by atoms with Crippen molar-refractivity contribution in [2.75, 3.05) is 4.90 Å². The monoisotopic (exact) mass is 459 g/mol. The molecule has 4 atom stereocenters. The Hall–Kier alpha value is -3.81. The van der Waals surface area contributed by atoms with Crippen molar-refractivity contribution in [2.45, 2.75) is 45.3 Å². The van der Waals surface area contributed by atoms with Gasteiger partial charge >= 0.3 is 0 Å². The summed E-state index contributed by atoms with van der Waals surface area (Å²) in [6.07, 6.45) is 1.99. The molecule has 0 N–H and O–H groups in total. The van der Waals surface area contributed by atoms with Crippen LogP contribution in [0.4, 0.5) is 11.4 Å². The molecule has 2 aromatic rings. The molecule has 0 radical (unpaired) electrons. The number of non-ortho nitro benzene ring substituents is 1. The van der Waals surface area contributed by atoms with Crippen molar-refractivity contribution < 1.29 is 19.3 Å². The van der Waals surface area contributed by atoms with Crippen molar-refractivity contribution >= 4 is 34.5 Å². The zero-order chi connectivity index (χ0) is 24.5. The zero-order valence-electron chi connectivity index (χ0n) is 19.4. The minimum Gasteiger partial charge on any atom is -0.352 e. The van der Waals surface area contributed by atoms with E-state index in [1.54, 1.807) is 0 Å². The number of nitro benzene ring substituents is 1. The van der Waals surface area contributed by atoms with Gasteiger partial charge in [0.05, 0.1) is 22.8 Å². The summed E-state index contributed by atoms with van der Waals surface area (Å²) in [5.74, 6) is -2.45. The number of carbonyl (C=O) groups is 3. The van der Waals surface area contributed by atoms with Crippen LogP contribution in [-0.4, -0.2) is 45.0 Å². The maximum Gasteiger partial charge on any atom is 0.269 e. The topological polar surface area (TPSA) is 101 Å². The lowest BCUT2D eigenvalue weighted by atomic mass is 9.85. The van der Waals surface area contributed by atoms with Gasteiger partial charge in [0, 0.05) is 34.5 Å². The fourth-order valence-corrected chi connectivity index (χ4v) is 5.68. The van der Waals surface area contributed by atoms with Gasteiger partial charge in [0.1, 0.15) is 6.04 Å². The van der Waals surface area contributed by atoms with Crippen molar-refractivity contribution in [2.24, 2.45) is 11.8 Å². The Morgan fingerprint density at radius 1 is 0.971 bits per heavy atom. The average molecular weight is 460 g/mol. The Bertz CT molecular complexity index is 1270. The molecule has 0 spiro atoms. The quantitative estimate of drug-likeness (QED) is 0.299. The van der Waals surface area contributed by atoms with Gasteiger partial charge in [-0.3, -0.25) is 29.4 Å². The molecule has 3 aliphatic heterocycles. The lowest BCUT2D eigenvalue weighted by molar-refractivity contribution is -0.384. The zero-order valence-corrected chi connectivity index (χ0v) is 19.4. The van der Waals surface area contributed by atoms with Crippen molar-refractivity contribution in [3.63, 3.8) is 0 Å². The van der Waals surface area contributed by atoms with E-state index in [9.17, 15) is 24.5 Å². The first-order valence-electron chi connectivity index (χ1n) is 11.2. The lowest BCUT2D eigenvalue weighted by Crippen LogP contribution is -2.52. The number of hydrogen-bond donors (Lipinski definition) is 0. The van der Waals surface area contributed by atoms with Crippen molar-refractivity contribution in [1.29, 1.82) is 0 Å². The Kier molecular flexibility index (Phi) is 4.76. The highest BCUT2D eigenvalue weighted by Crippen LogP contribution is 2.51. The minimum atomic E-state index is -0.897. The van der Waals surface area contributed by atoms with Crippen LogP contribution in [0.3, 0.4) is 0 Å². The molecule has 0 aromatic heterocycles. The van der Waals surface area contributed by atoms with E-state index in [1.165, 1.54) is 29.2 Å². The first-order valence-corrected chi connectivity index (χ1v) is 11.2. The number of amides is 2. The SMILES string of the molecule is CC1=CC2C3C(=O)N(C(C)(C)C)C(=O)C3C(C(=O)c3ccc([N+](=O)[O-])cc3)N2c2ccccc21. The van der Waals surface area contributed by atoms with Crippen LogP contribution in [0.1, 0.15) is 43.6 Å². The van der Waals surface area contributed by atoms with E-state index in [2.05, 4.69) is 0 Å². The number of imide groups is 1. The van der Waals surface area contributed by atoms with E-state index < -0.39 is 34.4 Å². The van der Waals surface area contributed by atoms with Gasteiger partial charge in [-0.25, -0.2) is 0 Å². The molecule has 0 saturated carbocycles. The number of carbonyl (C=O) groups excluding carboxylic acids is 3. The van der Waals surface area contributed by atoms with Gasteiger partial charge < -0.3 is 4.90 Å². The van der Waals surface area contributed by atoms with Crippen LogP contribution in [0.15, 0.2) is 54.6 Å². The molecule has 3 heterocycles. The van der Waals surface area contributed by atoms with Crippen LogP contribution in [-0.2, 0) is 9.59 Å². The summed E-state index contributed by atoms with van der Waals surface area (Å²) >= 11 is 0. The number of fused-ring (bicyclic) bond motifs is 5. The van der Waals surface area contributed by atoms with Crippen LogP contribution >= 0.6 is 0 Å². The minimum absolute atomic E-state index is 0.119. The number of likely N-dealkylation sites (tertiary alicyclic amines) is 1. The number of nitro groups is 1. The van der Waals surface area contributed by atoms with Gasteiger partial charge in [-0.2, -0.15) is 0 Å². The third-order valence-electron chi connectivity index (χ3n) is 7.06. The maximum absolute atomic E-state index is 13.9. The normalized spacial score (nSPS) is 25.6. The molecule has 2 saturated heterocycles. The molecule has 8 heteroatoms. The molecule has 8 nitrogen and oxygen atoms in total. The molecule has 0 aliphatic carbocycles. The fourth-order valence-electron chi connectivity index (χ4n) is 5.68. The summed E-state index contributed by atoms with van der Waals surface area (Å²) in [5.41, 5.74) is 2.20. The van der Waals surface area contributed by atoms with E-state index in [0.29, 0.717) is 0 Å². The molecular formula is C26H25N3O5. The largest absolute Gasteiger partial charge is 0.352 e. The van der Waals surface area contributed by atoms with E-state index in [4.69, 9.17) is 0 Å². The molecule has 0 bridgehead atoms. The molecule has 34 heavy (non-hydrogen) atoms. The summed E-state index contributed by atoms with van der Waals surface area (Å²) in [7, 11) is 0. The second-order valence-electron chi connectivity index (χ2n) is 10.1. The molecular weight excluding hydrogens is 434 g/mol. The highest BCUT2D eigenvalue weighted by atomic mass is 16.6. The Labute approximate surface area is 197 Å². The van der Waals surface area contributed by atoms with Gasteiger partial charge in [-0.05, 0) is 51.5 Å². The number of rotatable bonds is 3. The third kappa shape index (κ3) is 3.01. The van der Waals surface area contributed by atoms with E-state index in [1.807, 2.05) is 62.9 Å². The summed E-state index contributed by atoms with van der Waals surface area (Å²) in [4.78, 5) is 55.0. The van der Waals surface area contributed by atoms with Gasteiger partial charge in [-0.15, -0.1) is 0 Å². The molecule has 174 valence electrons. The number of allylic oxidation sites excluding steroid dienone is 1. The third-order valence-corrected chi connectivity index (χ3v) is 7.06. The Balaban J connectivity index is 1.67. The molecule has 2 amide bonds. The number of ketones is 1. The molecule has 4 unspecified atom stereocenters. The Morgan fingerprint density at radius 3 is 2.21 bits per heavy atom. The standard InChI is InChI=1S/C26H25N3O5/c1-14-13-19-20-21(25(32)28(24(20)31)26(2,3)4)22(27(19)18-8-6-5-7-17(14)18)23(30)15-9-11-16(12-10-15)29(33)34/h5-13,19-22H,1-4H3. The second kappa shape index (κ2) is 7.35.